The van der Waals surface area contributed by atoms with Crippen molar-refractivity contribution >= 4 is 45.9 Å². The Balaban J connectivity index is 2.90. The highest BCUT2D eigenvalue weighted by Gasteiger charge is 2.34. The molecular formula is C8H6BCl3F3N. The Morgan fingerprint density at radius 1 is 1.12 bits per heavy atom. The number of alkyl halides is 3. The van der Waals surface area contributed by atoms with Gasteiger partial charge in [-0.3, -0.25) is 0 Å². The van der Waals surface area contributed by atoms with Crippen LogP contribution in [0.4, 0.5) is 18.9 Å². The Morgan fingerprint density at radius 3 is 2.00 bits per heavy atom. The van der Waals surface area contributed by atoms with Crippen LogP contribution in [-0.2, 0) is 0 Å². The van der Waals surface area contributed by atoms with Gasteiger partial charge in [0.1, 0.15) is 6.54 Å². The first-order valence-electron chi connectivity index (χ1n) is 4.17. The zero-order valence-electron chi connectivity index (χ0n) is 7.81. The molecule has 0 amide bonds. The third kappa shape index (κ3) is 4.32. The highest BCUT2D eigenvalue weighted by atomic mass is 35.5. The topological polar surface area (TPSA) is 3.24 Å². The summed E-state index contributed by atoms with van der Waals surface area (Å²) >= 11 is 16.6. The van der Waals surface area contributed by atoms with E-state index in [1.807, 2.05) is 0 Å². The number of hydrogen-bond acceptors (Lipinski definition) is 1. The van der Waals surface area contributed by atoms with E-state index in [4.69, 9.17) is 34.5 Å². The minimum Gasteiger partial charge on any atom is -0.380 e. The number of hydrogen-bond donors (Lipinski definition) is 0. The van der Waals surface area contributed by atoms with Crippen molar-refractivity contribution in [2.75, 3.05) is 11.4 Å². The lowest BCUT2D eigenvalue weighted by molar-refractivity contribution is -0.117. The Hall–Kier alpha value is -0.255. The first-order chi connectivity index (χ1) is 7.29. The van der Waals surface area contributed by atoms with Gasteiger partial charge in [-0.05, 0) is 24.3 Å². The molecule has 0 atom stereocenters. The van der Waals surface area contributed by atoms with Crippen molar-refractivity contribution in [2.24, 2.45) is 0 Å². The molecule has 0 heterocycles. The summed E-state index contributed by atoms with van der Waals surface area (Å²) in [6.45, 7) is -1.22. The van der Waals surface area contributed by atoms with E-state index < -0.39 is 18.4 Å². The molecule has 0 N–H and O–H groups in total. The van der Waals surface area contributed by atoms with Crippen LogP contribution in [0.25, 0.3) is 0 Å². The molecule has 0 fully saturated rings. The minimum atomic E-state index is -4.37. The lowest BCUT2D eigenvalue weighted by Crippen LogP contribution is -2.39. The molecule has 0 aliphatic carbocycles. The molecule has 0 aromatic heterocycles. The summed E-state index contributed by atoms with van der Waals surface area (Å²) in [5.74, 6) is 0. The number of nitrogens with zero attached hydrogens (tertiary/aromatic N) is 1. The molecule has 1 aromatic carbocycles. The smallest absolute Gasteiger partial charge is 0.380 e. The van der Waals surface area contributed by atoms with E-state index in [1.54, 1.807) is 0 Å². The van der Waals surface area contributed by atoms with Crippen molar-refractivity contribution in [2.45, 2.75) is 6.18 Å². The maximum atomic E-state index is 12.2. The van der Waals surface area contributed by atoms with Gasteiger partial charge in [-0.1, -0.05) is 11.6 Å². The lowest BCUT2D eigenvalue weighted by atomic mass is 10.2. The van der Waals surface area contributed by atoms with Crippen LogP contribution in [0, 0.1) is 0 Å². The SMILES string of the molecule is FC(F)(F)CN(B(Cl)Cl)c1ccc(Cl)cc1. The van der Waals surface area contributed by atoms with Gasteiger partial charge >= 0.3 is 11.9 Å². The summed E-state index contributed by atoms with van der Waals surface area (Å²) in [5, 5.41) is 0.427. The molecular weight excluding hydrogens is 284 g/mol. The van der Waals surface area contributed by atoms with Gasteiger partial charge in [0.05, 0.1) is 0 Å². The molecule has 88 valence electrons. The molecule has 0 spiro atoms. The molecule has 0 unspecified atom stereocenters. The van der Waals surface area contributed by atoms with Crippen LogP contribution in [0.2, 0.25) is 5.02 Å². The van der Waals surface area contributed by atoms with Crippen LogP contribution in [0.15, 0.2) is 24.3 Å². The molecule has 0 bridgehead atoms. The lowest BCUT2D eigenvalue weighted by Gasteiger charge is -2.25. The summed E-state index contributed by atoms with van der Waals surface area (Å²) in [6.07, 6.45) is -4.37. The van der Waals surface area contributed by atoms with Crippen molar-refractivity contribution in [3.05, 3.63) is 29.3 Å². The maximum absolute atomic E-state index is 12.2. The number of benzene rings is 1. The molecule has 0 saturated carbocycles. The highest BCUT2D eigenvalue weighted by Crippen LogP contribution is 2.26. The molecule has 1 aromatic rings. The monoisotopic (exact) mass is 289 g/mol. The average molecular weight is 290 g/mol. The maximum Gasteiger partial charge on any atom is 0.467 e. The highest BCUT2D eigenvalue weighted by molar-refractivity contribution is 7.35. The predicted molar refractivity (Wildman–Crippen MR) is 62.3 cm³/mol. The van der Waals surface area contributed by atoms with Crippen LogP contribution in [0.5, 0.6) is 0 Å². The normalized spacial score (nSPS) is 11.4. The van der Waals surface area contributed by atoms with E-state index in [1.165, 1.54) is 24.3 Å². The van der Waals surface area contributed by atoms with E-state index >= 15 is 0 Å². The fourth-order valence-corrected chi connectivity index (χ4v) is 1.59. The Bertz CT molecular complexity index is 341. The third-order valence-corrected chi connectivity index (χ3v) is 2.47. The predicted octanol–water partition coefficient (Wildman–Crippen LogP) is 4.17. The molecule has 16 heavy (non-hydrogen) atoms. The van der Waals surface area contributed by atoms with Gasteiger partial charge in [0.25, 0.3) is 0 Å². The molecule has 1 rings (SSSR count). The second kappa shape index (κ2) is 5.38. The first kappa shape index (κ1) is 13.8. The van der Waals surface area contributed by atoms with Crippen molar-refractivity contribution in [1.29, 1.82) is 0 Å². The fourth-order valence-electron chi connectivity index (χ4n) is 1.10. The molecule has 8 heteroatoms. The van der Waals surface area contributed by atoms with E-state index in [9.17, 15) is 13.2 Å². The standard InChI is InChI=1S/C8H6BCl3F3N/c10-6-1-3-7(4-2-6)16(9(11)12)5-8(13,14)15/h1-4H,5H2. The van der Waals surface area contributed by atoms with Gasteiger partial charge in [-0.25, -0.2) is 0 Å². The summed E-state index contributed by atoms with van der Waals surface area (Å²) in [5.41, 5.74) is -1.01. The van der Waals surface area contributed by atoms with Gasteiger partial charge in [0, 0.05) is 10.7 Å². The van der Waals surface area contributed by atoms with Crippen LogP contribution in [0.1, 0.15) is 0 Å². The third-order valence-electron chi connectivity index (χ3n) is 1.74. The van der Waals surface area contributed by atoms with Crippen molar-refractivity contribution in [1.82, 2.24) is 0 Å². The summed E-state index contributed by atoms with van der Waals surface area (Å²) in [6, 6.07) is 5.78. The van der Waals surface area contributed by atoms with Crippen LogP contribution >= 0.6 is 34.5 Å². The average Bonchev–Trinajstić information content (AvgIpc) is 2.14. The van der Waals surface area contributed by atoms with Gasteiger partial charge < -0.3 is 4.81 Å². The van der Waals surface area contributed by atoms with Crippen LogP contribution < -0.4 is 4.81 Å². The van der Waals surface area contributed by atoms with Gasteiger partial charge in [0.2, 0.25) is 0 Å². The second-order valence-electron chi connectivity index (χ2n) is 3.00. The van der Waals surface area contributed by atoms with Crippen LogP contribution in [-0.4, -0.2) is 18.4 Å². The number of halogens is 6. The fraction of sp³-hybridized carbons (Fsp3) is 0.250. The van der Waals surface area contributed by atoms with E-state index in [2.05, 4.69) is 0 Å². The Kier molecular flexibility index (Phi) is 4.65. The molecule has 0 saturated heterocycles. The van der Waals surface area contributed by atoms with Gasteiger partial charge in [-0.15, -0.1) is 22.9 Å². The van der Waals surface area contributed by atoms with Crippen molar-refractivity contribution < 1.29 is 13.2 Å². The Labute approximate surface area is 106 Å². The number of rotatable bonds is 3. The van der Waals surface area contributed by atoms with Gasteiger partial charge in [-0.2, -0.15) is 13.2 Å². The molecule has 0 aliphatic rings. The molecule has 0 radical (unpaired) electrons. The van der Waals surface area contributed by atoms with Crippen LogP contribution in [0.3, 0.4) is 0 Å². The van der Waals surface area contributed by atoms with E-state index in [0.717, 1.165) is 4.81 Å². The summed E-state index contributed by atoms with van der Waals surface area (Å²) < 4.78 is 36.7. The van der Waals surface area contributed by atoms with Crippen molar-refractivity contribution in [3.63, 3.8) is 0 Å². The minimum absolute atomic E-state index is 0.261. The summed E-state index contributed by atoms with van der Waals surface area (Å²) in [4.78, 5) is 0.819. The largest absolute Gasteiger partial charge is 0.467 e. The van der Waals surface area contributed by atoms with E-state index in [0.29, 0.717) is 5.02 Å². The first-order valence-corrected chi connectivity index (χ1v) is 5.42. The van der Waals surface area contributed by atoms with Gasteiger partial charge in [0.15, 0.2) is 0 Å². The zero-order valence-corrected chi connectivity index (χ0v) is 10.1. The number of anilines is 1. The molecule has 1 nitrogen and oxygen atoms in total. The van der Waals surface area contributed by atoms with E-state index in [-0.39, 0.29) is 5.69 Å². The quantitative estimate of drug-likeness (QED) is 0.755. The second-order valence-corrected chi connectivity index (χ2v) is 4.48. The summed E-state index contributed by atoms with van der Waals surface area (Å²) in [7, 11) is 0. The van der Waals surface area contributed by atoms with Crippen molar-refractivity contribution in [3.8, 4) is 0 Å². The molecule has 0 aliphatic heterocycles. The zero-order chi connectivity index (χ0) is 12.3. The Morgan fingerprint density at radius 2 is 1.62 bits per heavy atom.